The van der Waals surface area contributed by atoms with Gasteiger partial charge in [0.1, 0.15) is 24.4 Å². The molecule has 9 nitrogen and oxygen atoms in total. The molecule has 2 aromatic heterocycles. The lowest BCUT2D eigenvalue weighted by Crippen LogP contribution is -2.43. The number of amides is 1. The summed E-state index contributed by atoms with van der Waals surface area (Å²) in [7, 11) is 4.76. The first kappa shape index (κ1) is 28.4. The second kappa shape index (κ2) is 10.7. The van der Waals surface area contributed by atoms with Crippen LogP contribution in [0.4, 0.5) is 0 Å². The smallest absolute Gasteiger partial charge is 0.274 e. The average molecular weight is 595 g/mol. The van der Waals surface area contributed by atoms with Crippen molar-refractivity contribution in [2.45, 2.75) is 32.9 Å². The summed E-state index contributed by atoms with van der Waals surface area (Å²) in [6.45, 7) is 5.95. The number of carbonyl (C=O) groups is 2. The summed E-state index contributed by atoms with van der Waals surface area (Å²) in [6, 6.07) is 11.9. The largest absolute Gasteiger partial charge is 0.496 e. The third-order valence-electron chi connectivity index (χ3n) is 6.96. The Labute approximate surface area is 247 Å². The quantitative estimate of drug-likeness (QED) is 0.235. The van der Waals surface area contributed by atoms with Crippen LogP contribution in [0.3, 0.4) is 0 Å². The molecule has 4 aromatic rings. The maximum atomic E-state index is 13.7. The van der Waals surface area contributed by atoms with Crippen molar-refractivity contribution in [3.8, 4) is 45.6 Å². The number of rotatable bonds is 6. The summed E-state index contributed by atoms with van der Waals surface area (Å²) in [5.41, 5.74) is 3.69. The van der Waals surface area contributed by atoms with Crippen molar-refractivity contribution in [2.75, 3.05) is 21.3 Å². The maximum Gasteiger partial charge on any atom is 0.274 e. The van der Waals surface area contributed by atoms with Crippen molar-refractivity contribution < 1.29 is 23.8 Å². The van der Waals surface area contributed by atoms with Crippen LogP contribution in [0, 0.1) is 0 Å². The molecule has 2 aromatic carbocycles. The number of pyridine rings is 1. The summed E-state index contributed by atoms with van der Waals surface area (Å²) in [6.07, 6.45) is 0.724. The van der Waals surface area contributed by atoms with E-state index >= 15 is 0 Å². The normalized spacial score (nSPS) is 12.2. The van der Waals surface area contributed by atoms with Gasteiger partial charge in [-0.2, -0.15) is 5.10 Å². The van der Waals surface area contributed by atoms with Gasteiger partial charge < -0.3 is 19.1 Å². The minimum atomic E-state index is -0.449. The summed E-state index contributed by atoms with van der Waals surface area (Å²) >= 11 is 12.7. The molecule has 0 bridgehead atoms. The molecule has 11 heteroatoms. The van der Waals surface area contributed by atoms with E-state index in [9.17, 15) is 9.59 Å². The topological polar surface area (TPSA) is 95.8 Å². The standard InChI is InChI=1S/C30H28Cl2N4O5/c1-30(2,3)35(4)29(38)27-22-15-41-25-13-24(39-5)20(23-7-16(14-37)8-26(33-23)40-6)12-21(25)28(22)36(34-27)19-10-17(31)9-18(32)11-19/h7-14H,15H2,1-6H3. The van der Waals surface area contributed by atoms with E-state index in [2.05, 4.69) is 4.98 Å². The number of ether oxygens (including phenoxy) is 3. The average Bonchev–Trinajstić information content (AvgIpc) is 3.34. The zero-order valence-corrected chi connectivity index (χ0v) is 24.9. The zero-order valence-electron chi connectivity index (χ0n) is 23.4. The van der Waals surface area contributed by atoms with Gasteiger partial charge in [-0.05, 0) is 51.1 Å². The molecule has 1 amide bonds. The van der Waals surface area contributed by atoms with Gasteiger partial charge in [-0.1, -0.05) is 23.2 Å². The third kappa shape index (κ3) is 5.23. The SMILES string of the molecule is COc1cc(C=O)cc(-c2cc3c(cc2OC)OCc2c(C(=O)N(C)C(C)(C)C)nn(-c4cc(Cl)cc(Cl)c4)c2-3)n1. The van der Waals surface area contributed by atoms with E-state index in [4.69, 9.17) is 42.5 Å². The van der Waals surface area contributed by atoms with E-state index in [0.29, 0.717) is 60.9 Å². The van der Waals surface area contributed by atoms with Crippen molar-refractivity contribution in [1.29, 1.82) is 0 Å². The van der Waals surface area contributed by atoms with Crippen LogP contribution in [0.15, 0.2) is 42.5 Å². The molecule has 212 valence electrons. The minimum Gasteiger partial charge on any atom is -0.496 e. The zero-order chi connectivity index (χ0) is 29.6. The number of carbonyl (C=O) groups excluding carboxylic acids is 2. The minimum absolute atomic E-state index is 0.102. The Balaban J connectivity index is 1.80. The van der Waals surface area contributed by atoms with Gasteiger partial charge in [0.25, 0.3) is 5.91 Å². The van der Waals surface area contributed by atoms with Gasteiger partial charge in [0.2, 0.25) is 5.88 Å². The van der Waals surface area contributed by atoms with Gasteiger partial charge in [-0.15, -0.1) is 0 Å². The van der Waals surface area contributed by atoms with Crippen LogP contribution < -0.4 is 14.2 Å². The number of fused-ring (bicyclic) bond motifs is 3. The monoisotopic (exact) mass is 594 g/mol. The Hall–Kier alpha value is -4.08. The fraction of sp³-hybridized carbons (Fsp3) is 0.267. The molecule has 0 fully saturated rings. The molecule has 0 radical (unpaired) electrons. The molecule has 0 saturated carbocycles. The van der Waals surface area contributed by atoms with Crippen molar-refractivity contribution in [3.63, 3.8) is 0 Å². The highest BCUT2D eigenvalue weighted by molar-refractivity contribution is 6.34. The van der Waals surface area contributed by atoms with Crippen molar-refractivity contribution >= 4 is 35.4 Å². The van der Waals surface area contributed by atoms with Crippen LogP contribution in [0.25, 0.3) is 28.2 Å². The van der Waals surface area contributed by atoms with Crippen LogP contribution in [0.5, 0.6) is 17.4 Å². The fourth-order valence-electron chi connectivity index (χ4n) is 4.57. The number of aldehydes is 1. The predicted octanol–water partition coefficient (Wildman–Crippen LogP) is 6.50. The van der Waals surface area contributed by atoms with E-state index in [1.54, 1.807) is 53.0 Å². The Bertz CT molecular complexity index is 1670. The molecule has 0 N–H and O–H groups in total. The fourth-order valence-corrected chi connectivity index (χ4v) is 5.08. The van der Waals surface area contributed by atoms with Crippen molar-refractivity contribution in [1.82, 2.24) is 19.7 Å². The first-order valence-corrected chi connectivity index (χ1v) is 13.4. The molecule has 0 spiro atoms. The molecule has 1 aliphatic rings. The molecule has 41 heavy (non-hydrogen) atoms. The number of aromatic nitrogens is 3. The van der Waals surface area contributed by atoms with Gasteiger partial charge in [-0.25, -0.2) is 9.67 Å². The van der Waals surface area contributed by atoms with Gasteiger partial charge in [0.05, 0.1) is 31.3 Å². The lowest BCUT2D eigenvalue weighted by Gasteiger charge is -2.31. The van der Waals surface area contributed by atoms with E-state index in [1.807, 2.05) is 26.8 Å². The lowest BCUT2D eigenvalue weighted by atomic mass is 9.97. The summed E-state index contributed by atoms with van der Waals surface area (Å²) in [5.74, 6) is 1.02. The van der Waals surface area contributed by atoms with Crippen LogP contribution in [-0.4, -0.2) is 58.7 Å². The summed E-state index contributed by atoms with van der Waals surface area (Å²) in [4.78, 5) is 31.6. The van der Waals surface area contributed by atoms with E-state index < -0.39 is 5.54 Å². The van der Waals surface area contributed by atoms with Gasteiger partial charge in [-0.3, -0.25) is 9.59 Å². The highest BCUT2D eigenvalue weighted by Crippen LogP contribution is 2.46. The first-order chi connectivity index (χ1) is 19.4. The maximum absolute atomic E-state index is 13.7. The first-order valence-electron chi connectivity index (χ1n) is 12.7. The highest BCUT2D eigenvalue weighted by atomic mass is 35.5. The Morgan fingerprint density at radius 2 is 1.73 bits per heavy atom. The summed E-state index contributed by atoms with van der Waals surface area (Å²) in [5, 5.41) is 5.63. The molecule has 0 aliphatic carbocycles. The van der Waals surface area contributed by atoms with E-state index in [-0.39, 0.29) is 24.1 Å². The number of hydrogen-bond donors (Lipinski definition) is 0. The van der Waals surface area contributed by atoms with Crippen LogP contribution in [0.1, 0.15) is 47.2 Å². The molecule has 5 rings (SSSR count). The number of methoxy groups -OCH3 is 2. The van der Waals surface area contributed by atoms with E-state index in [0.717, 1.165) is 6.29 Å². The molecule has 0 atom stereocenters. The lowest BCUT2D eigenvalue weighted by molar-refractivity contribution is 0.0646. The van der Waals surface area contributed by atoms with Crippen LogP contribution in [-0.2, 0) is 6.61 Å². The summed E-state index contributed by atoms with van der Waals surface area (Å²) < 4.78 is 18.8. The Morgan fingerprint density at radius 3 is 2.34 bits per heavy atom. The van der Waals surface area contributed by atoms with Gasteiger partial charge in [0.15, 0.2) is 5.69 Å². The second-order valence-electron chi connectivity index (χ2n) is 10.5. The Kier molecular flexibility index (Phi) is 7.44. The Morgan fingerprint density at radius 1 is 1.02 bits per heavy atom. The highest BCUT2D eigenvalue weighted by Gasteiger charge is 2.35. The van der Waals surface area contributed by atoms with Gasteiger partial charge >= 0.3 is 0 Å². The number of hydrogen-bond acceptors (Lipinski definition) is 7. The van der Waals surface area contributed by atoms with Crippen LogP contribution in [0.2, 0.25) is 10.0 Å². The van der Waals surface area contributed by atoms with Crippen LogP contribution >= 0.6 is 23.2 Å². The predicted molar refractivity (Wildman–Crippen MR) is 157 cm³/mol. The van der Waals surface area contributed by atoms with Gasteiger partial charge in [0, 0.05) is 57.0 Å². The van der Waals surface area contributed by atoms with Crippen molar-refractivity contribution in [2.24, 2.45) is 0 Å². The number of benzene rings is 2. The number of nitrogens with zero attached hydrogens (tertiary/aromatic N) is 4. The third-order valence-corrected chi connectivity index (χ3v) is 7.40. The molecule has 0 unspecified atom stereocenters. The molecule has 3 heterocycles. The molecule has 1 aliphatic heterocycles. The second-order valence-corrected chi connectivity index (χ2v) is 11.4. The van der Waals surface area contributed by atoms with E-state index in [1.165, 1.54) is 14.2 Å². The van der Waals surface area contributed by atoms with Crippen molar-refractivity contribution in [3.05, 3.63) is 69.3 Å². The molecule has 0 saturated heterocycles. The molecular formula is C30H28Cl2N4O5. The number of halogens is 2. The molecular weight excluding hydrogens is 567 g/mol.